The molecule has 2 unspecified atom stereocenters. The first-order valence-corrected chi connectivity index (χ1v) is 23.8. The van der Waals surface area contributed by atoms with Crippen molar-refractivity contribution < 1.29 is 44.9 Å². The van der Waals surface area contributed by atoms with Crippen molar-refractivity contribution in [2.24, 2.45) is 0 Å². The van der Waals surface area contributed by atoms with Crippen LogP contribution in [0.3, 0.4) is 0 Å². The topological polar surface area (TPSA) is 169 Å². The third kappa shape index (κ3) is 27.0. The third-order valence-electron chi connectivity index (χ3n) is 11.8. The fourth-order valence-electron chi connectivity index (χ4n) is 7.91. The van der Waals surface area contributed by atoms with Gasteiger partial charge in [-0.2, -0.15) is 0 Å². The highest BCUT2D eigenvalue weighted by molar-refractivity contribution is 5.76. The molecule has 0 radical (unpaired) electrons. The maximum absolute atomic E-state index is 13.0. The van der Waals surface area contributed by atoms with E-state index in [1.807, 2.05) is 0 Å². The molecule has 334 valence electrons. The Balaban J connectivity index is 2.37. The number of ether oxygens (including phenoxy) is 2. The lowest BCUT2D eigenvalue weighted by Crippen LogP contribution is -2.60. The minimum atomic E-state index is -1.60. The summed E-state index contributed by atoms with van der Waals surface area (Å²) in [5.74, 6) is -0.254. The Morgan fingerprint density at radius 3 is 1.32 bits per heavy atom. The molecular weight excluding hydrogens is 711 g/mol. The predicted molar refractivity (Wildman–Crippen MR) is 227 cm³/mol. The van der Waals surface area contributed by atoms with Crippen LogP contribution in [-0.2, 0) is 14.3 Å². The number of carbonyl (C=O) groups is 1. The molecule has 1 heterocycles. The molecular formula is C46H91NO9. The zero-order valence-electron chi connectivity index (χ0n) is 36.3. The summed E-state index contributed by atoms with van der Waals surface area (Å²) in [7, 11) is 0. The van der Waals surface area contributed by atoms with Crippen molar-refractivity contribution >= 4 is 5.91 Å². The number of nitrogens with one attached hydrogen (secondary N) is 1. The highest BCUT2D eigenvalue weighted by Crippen LogP contribution is 2.23. The molecule has 1 amide bonds. The van der Waals surface area contributed by atoms with Crippen molar-refractivity contribution in [2.75, 3.05) is 13.2 Å². The smallest absolute Gasteiger partial charge is 0.220 e. The molecule has 10 nitrogen and oxygen atoms in total. The maximum atomic E-state index is 13.0. The average molecular weight is 802 g/mol. The van der Waals surface area contributed by atoms with E-state index in [0.717, 1.165) is 38.5 Å². The van der Waals surface area contributed by atoms with Crippen LogP contribution in [0.5, 0.6) is 0 Å². The lowest BCUT2D eigenvalue weighted by molar-refractivity contribution is -0.303. The van der Waals surface area contributed by atoms with Crippen LogP contribution in [-0.4, -0.2) is 98.7 Å². The number of aliphatic hydroxyl groups is 6. The molecule has 0 spiro atoms. The number of hydrogen-bond donors (Lipinski definition) is 7. The van der Waals surface area contributed by atoms with Gasteiger partial charge in [-0.1, -0.05) is 206 Å². The number of rotatable bonds is 40. The zero-order chi connectivity index (χ0) is 41.1. The largest absolute Gasteiger partial charge is 0.394 e. The van der Waals surface area contributed by atoms with Gasteiger partial charge in [0.15, 0.2) is 6.29 Å². The van der Waals surface area contributed by atoms with Gasteiger partial charge in [0.05, 0.1) is 25.4 Å². The van der Waals surface area contributed by atoms with Crippen molar-refractivity contribution in [1.29, 1.82) is 0 Å². The second-order valence-corrected chi connectivity index (χ2v) is 17.1. The fourth-order valence-corrected chi connectivity index (χ4v) is 7.91. The van der Waals surface area contributed by atoms with Gasteiger partial charge in [0.1, 0.15) is 30.5 Å². The Bertz CT molecular complexity index is 864. The maximum Gasteiger partial charge on any atom is 0.220 e. The second-order valence-electron chi connectivity index (χ2n) is 17.1. The van der Waals surface area contributed by atoms with Crippen LogP contribution in [0.1, 0.15) is 226 Å². The summed E-state index contributed by atoms with van der Waals surface area (Å²) in [6.07, 6.45) is 29.6. The van der Waals surface area contributed by atoms with E-state index in [9.17, 15) is 35.4 Å². The van der Waals surface area contributed by atoms with Crippen LogP contribution in [0.4, 0.5) is 0 Å². The minimum Gasteiger partial charge on any atom is -0.394 e. The molecule has 1 aliphatic heterocycles. The van der Waals surface area contributed by atoms with Gasteiger partial charge in [0.2, 0.25) is 5.91 Å². The molecule has 0 aromatic rings. The molecule has 8 atom stereocenters. The summed E-state index contributed by atoms with van der Waals surface area (Å²) in [5.41, 5.74) is 0. The molecule has 1 rings (SSSR count). The van der Waals surface area contributed by atoms with Gasteiger partial charge in [-0.05, 0) is 12.8 Å². The van der Waals surface area contributed by atoms with E-state index in [1.165, 1.54) is 161 Å². The van der Waals surface area contributed by atoms with Crippen molar-refractivity contribution in [3.05, 3.63) is 0 Å². The molecule has 0 aliphatic carbocycles. The second kappa shape index (κ2) is 37.2. The number of carbonyl (C=O) groups excluding carboxylic acids is 1. The van der Waals surface area contributed by atoms with E-state index in [-0.39, 0.29) is 18.9 Å². The molecule has 1 saturated heterocycles. The molecule has 1 aliphatic rings. The predicted octanol–water partition coefficient (Wildman–Crippen LogP) is 8.92. The van der Waals surface area contributed by atoms with Gasteiger partial charge in [-0.25, -0.2) is 0 Å². The van der Waals surface area contributed by atoms with E-state index < -0.39 is 55.6 Å². The van der Waals surface area contributed by atoms with Crippen molar-refractivity contribution in [3.63, 3.8) is 0 Å². The summed E-state index contributed by atoms with van der Waals surface area (Å²) >= 11 is 0. The first kappa shape index (κ1) is 53.2. The summed E-state index contributed by atoms with van der Waals surface area (Å²) in [6.45, 7) is 3.62. The SMILES string of the molecule is CCCCCCCCCCCCCCCCCCC(=O)N[C@@H](CO[C@@H]1O[C@H](CO)[C@@H](O)C(O)C1O)[C@H](O)[C@H](O)CCCCCCCCCCCCCCCCC. The van der Waals surface area contributed by atoms with Crippen LogP contribution in [0.25, 0.3) is 0 Å². The van der Waals surface area contributed by atoms with Gasteiger partial charge < -0.3 is 45.4 Å². The van der Waals surface area contributed by atoms with E-state index in [1.54, 1.807) is 0 Å². The van der Waals surface area contributed by atoms with Gasteiger partial charge >= 0.3 is 0 Å². The third-order valence-corrected chi connectivity index (χ3v) is 11.8. The number of hydrogen-bond acceptors (Lipinski definition) is 9. The lowest BCUT2D eigenvalue weighted by atomic mass is 9.98. The lowest BCUT2D eigenvalue weighted by Gasteiger charge is -2.40. The first-order chi connectivity index (χ1) is 27.3. The molecule has 56 heavy (non-hydrogen) atoms. The van der Waals surface area contributed by atoms with E-state index >= 15 is 0 Å². The Morgan fingerprint density at radius 2 is 0.929 bits per heavy atom. The highest BCUT2D eigenvalue weighted by atomic mass is 16.7. The van der Waals surface area contributed by atoms with Crippen LogP contribution in [0, 0.1) is 0 Å². The fraction of sp³-hybridized carbons (Fsp3) is 0.978. The molecule has 1 fully saturated rings. The number of amides is 1. The van der Waals surface area contributed by atoms with E-state index in [4.69, 9.17) is 9.47 Å². The molecule has 0 aromatic heterocycles. The quantitative estimate of drug-likeness (QED) is 0.0299. The Labute approximate surface area is 343 Å². The zero-order valence-corrected chi connectivity index (χ0v) is 36.3. The molecule has 0 bridgehead atoms. The van der Waals surface area contributed by atoms with Crippen molar-refractivity contribution in [3.8, 4) is 0 Å². The highest BCUT2D eigenvalue weighted by Gasteiger charge is 2.44. The van der Waals surface area contributed by atoms with Gasteiger partial charge in [0.25, 0.3) is 0 Å². The van der Waals surface area contributed by atoms with E-state index in [2.05, 4.69) is 19.2 Å². The van der Waals surface area contributed by atoms with Gasteiger partial charge in [-0.3, -0.25) is 4.79 Å². The van der Waals surface area contributed by atoms with Crippen LogP contribution in [0.15, 0.2) is 0 Å². The summed E-state index contributed by atoms with van der Waals surface area (Å²) < 4.78 is 11.2. The standard InChI is InChI=1S/C46H91NO9/c1-3-5-7-9-11-13-15-17-19-21-23-25-27-29-31-33-35-41(50)47-38(37-55-46-45(54)44(53)43(52)40(36-48)56-46)42(51)39(49)34-32-30-28-26-24-22-20-18-16-14-12-10-8-6-4-2/h38-40,42-46,48-49,51-54H,3-37H2,1-2H3,(H,47,50)/t38-,39+,40+,42-,43+,44?,45?,46+/m0/s1. The molecule has 10 heteroatoms. The summed E-state index contributed by atoms with van der Waals surface area (Å²) in [6, 6.07) is -0.984. The number of aliphatic hydroxyl groups excluding tert-OH is 6. The Morgan fingerprint density at radius 1 is 0.554 bits per heavy atom. The van der Waals surface area contributed by atoms with Crippen molar-refractivity contribution in [2.45, 2.75) is 275 Å². The Kier molecular flexibility index (Phi) is 35.3. The van der Waals surface area contributed by atoms with Crippen molar-refractivity contribution in [1.82, 2.24) is 5.32 Å². The summed E-state index contributed by atoms with van der Waals surface area (Å²) in [5, 5.41) is 65.2. The molecule has 7 N–H and O–H groups in total. The van der Waals surface area contributed by atoms with Crippen LogP contribution >= 0.6 is 0 Å². The normalized spacial score (nSPS) is 21.6. The van der Waals surface area contributed by atoms with Gasteiger partial charge in [0, 0.05) is 6.42 Å². The minimum absolute atomic E-state index is 0.254. The van der Waals surface area contributed by atoms with E-state index in [0.29, 0.717) is 6.42 Å². The van der Waals surface area contributed by atoms with Crippen LogP contribution in [0.2, 0.25) is 0 Å². The van der Waals surface area contributed by atoms with Gasteiger partial charge in [-0.15, -0.1) is 0 Å². The first-order valence-electron chi connectivity index (χ1n) is 23.8. The molecule has 0 saturated carbocycles. The average Bonchev–Trinajstić information content (AvgIpc) is 3.20. The molecule has 0 aromatic carbocycles. The Hall–Kier alpha value is -0.850. The summed E-state index contributed by atoms with van der Waals surface area (Å²) in [4.78, 5) is 13.0. The van der Waals surface area contributed by atoms with Crippen LogP contribution < -0.4 is 5.32 Å². The number of unbranched alkanes of at least 4 members (excludes halogenated alkanes) is 29. The monoisotopic (exact) mass is 802 g/mol.